The number of nitro groups is 1. The van der Waals surface area contributed by atoms with E-state index in [2.05, 4.69) is 5.32 Å². The van der Waals surface area contributed by atoms with Crippen LogP contribution in [0, 0.1) is 21.8 Å². The van der Waals surface area contributed by atoms with Gasteiger partial charge in [0.05, 0.1) is 11.0 Å². The van der Waals surface area contributed by atoms with Gasteiger partial charge in [0.25, 0.3) is 11.6 Å². The van der Waals surface area contributed by atoms with Crippen molar-refractivity contribution in [2.24, 2.45) is 5.92 Å². The van der Waals surface area contributed by atoms with E-state index in [0.29, 0.717) is 12.4 Å². The number of rotatable bonds is 5. The van der Waals surface area contributed by atoms with Gasteiger partial charge in [0, 0.05) is 24.1 Å². The monoisotopic (exact) mass is 274 g/mol. The number of carbonyl (C=O) groups excluding carboxylic acids is 1. The van der Waals surface area contributed by atoms with Crippen LogP contribution in [0.1, 0.15) is 17.3 Å². The first-order valence-electron chi connectivity index (χ1n) is 5.23. The molecule has 0 saturated carbocycles. The second-order valence-electron chi connectivity index (χ2n) is 3.92. The van der Waals surface area contributed by atoms with Gasteiger partial charge in [0.2, 0.25) is 0 Å². The van der Waals surface area contributed by atoms with E-state index in [9.17, 15) is 19.3 Å². The topological polar surface area (TPSA) is 72.2 Å². The lowest BCUT2D eigenvalue weighted by Crippen LogP contribution is -2.28. The molecule has 98 valence electrons. The van der Waals surface area contributed by atoms with Crippen molar-refractivity contribution in [3.05, 3.63) is 39.7 Å². The summed E-state index contributed by atoms with van der Waals surface area (Å²) in [5.74, 6) is -0.933. The Bertz CT molecular complexity index is 468. The van der Waals surface area contributed by atoms with Crippen LogP contribution < -0.4 is 5.32 Å². The molecule has 1 aromatic rings. The third kappa shape index (κ3) is 3.96. The van der Waals surface area contributed by atoms with E-state index in [0.717, 1.165) is 18.2 Å². The lowest BCUT2D eigenvalue weighted by molar-refractivity contribution is -0.385. The summed E-state index contributed by atoms with van der Waals surface area (Å²) in [5, 5.41) is 13.1. The van der Waals surface area contributed by atoms with E-state index < -0.39 is 22.3 Å². The standard InChI is InChI=1S/C11H12ClFN2O3/c1-7(5-12)6-14-11(16)8-2-9(13)4-10(3-8)15(17)18/h2-4,7H,5-6H2,1H3,(H,14,16). The number of benzene rings is 1. The van der Waals surface area contributed by atoms with Crippen LogP contribution in [0.2, 0.25) is 0 Å². The van der Waals surface area contributed by atoms with Crippen LogP contribution in [0.25, 0.3) is 0 Å². The minimum Gasteiger partial charge on any atom is -0.352 e. The molecule has 0 saturated heterocycles. The molecule has 0 radical (unpaired) electrons. The van der Waals surface area contributed by atoms with Gasteiger partial charge in [0.15, 0.2) is 0 Å². The number of nitrogens with one attached hydrogen (secondary N) is 1. The Labute approximate surface area is 108 Å². The summed E-state index contributed by atoms with van der Waals surface area (Å²) in [6.45, 7) is 2.16. The fourth-order valence-corrected chi connectivity index (χ4v) is 1.34. The Hall–Kier alpha value is -1.69. The number of carbonyl (C=O) groups is 1. The summed E-state index contributed by atoms with van der Waals surface area (Å²) in [7, 11) is 0. The molecule has 0 spiro atoms. The minimum absolute atomic E-state index is 0.0687. The smallest absolute Gasteiger partial charge is 0.273 e. The molecule has 1 aromatic carbocycles. The van der Waals surface area contributed by atoms with Crippen LogP contribution in [-0.4, -0.2) is 23.3 Å². The molecule has 1 atom stereocenters. The number of nitrogens with zero attached hydrogens (tertiary/aromatic N) is 1. The first kappa shape index (κ1) is 14.4. The number of non-ortho nitro benzene ring substituents is 1. The molecule has 0 bridgehead atoms. The molecule has 0 fully saturated rings. The van der Waals surface area contributed by atoms with Crippen molar-refractivity contribution in [3.8, 4) is 0 Å². The molecule has 5 nitrogen and oxygen atoms in total. The molecule has 0 aliphatic heterocycles. The fourth-order valence-electron chi connectivity index (χ4n) is 1.23. The Morgan fingerprint density at radius 2 is 2.22 bits per heavy atom. The van der Waals surface area contributed by atoms with E-state index in [-0.39, 0.29) is 11.5 Å². The molecule has 0 aliphatic carbocycles. The Morgan fingerprint density at radius 1 is 1.56 bits per heavy atom. The van der Waals surface area contributed by atoms with Crippen molar-refractivity contribution in [2.75, 3.05) is 12.4 Å². The fraction of sp³-hybridized carbons (Fsp3) is 0.364. The average molecular weight is 275 g/mol. The highest BCUT2D eigenvalue weighted by atomic mass is 35.5. The number of alkyl halides is 1. The van der Waals surface area contributed by atoms with Crippen molar-refractivity contribution < 1.29 is 14.1 Å². The van der Waals surface area contributed by atoms with E-state index in [1.165, 1.54) is 0 Å². The van der Waals surface area contributed by atoms with E-state index in [1.807, 2.05) is 6.92 Å². The molecule has 0 heterocycles. The molecular formula is C11H12ClFN2O3. The summed E-state index contributed by atoms with van der Waals surface area (Å²) in [6, 6.07) is 2.75. The van der Waals surface area contributed by atoms with E-state index in [4.69, 9.17) is 11.6 Å². The van der Waals surface area contributed by atoms with Crippen molar-refractivity contribution in [2.45, 2.75) is 6.92 Å². The van der Waals surface area contributed by atoms with Gasteiger partial charge in [-0.15, -0.1) is 11.6 Å². The number of halogens is 2. The Balaban J connectivity index is 2.82. The van der Waals surface area contributed by atoms with Gasteiger partial charge in [0.1, 0.15) is 5.82 Å². The maximum atomic E-state index is 13.1. The molecule has 1 N–H and O–H groups in total. The quantitative estimate of drug-likeness (QED) is 0.509. The van der Waals surface area contributed by atoms with Crippen LogP contribution in [-0.2, 0) is 0 Å². The third-order valence-corrected chi connectivity index (χ3v) is 2.76. The average Bonchev–Trinajstić information content (AvgIpc) is 2.34. The Kier molecular flexibility index (Phi) is 5.03. The van der Waals surface area contributed by atoms with Crippen LogP contribution >= 0.6 is 11.6 Å². The molecule has 1 rings (SSSR count). The number of hydrogen-bond donors (Lipinski definition) is 1. The van der Waals surface area contributed by atoms with Gasteiger partial charge in [-0.3, -0.25) is 14.9 Å². The van der Waals surface area contributed by atoms with Crippen LogP contribution in [0.3, 0.4) is 0 Å². The van der Waals surface area contributed by atoms with Crippen LogP contribution in [0.4, 0.5) is 10.1 Å². The zero-order chi connectivity index (χ0) is 13.7. The molecule has 0 aliphatic rings. The minimum atomic E-state index is -0.820. The summed E-state index contributed by atoms with van der Waals surface area (Å²) < 4.78 is 13.1. The maximum absolute atomic E-state index is 13.1. The molecule has 18 heavy (non-hydrogen) atoms. The predicted molar refractivity (Wildman–Crippen MR) is 65.3 cm³/mol. The highest BCUT2D eigenvalue weighted by Crippen LogP contribution is 2.16. The lowest BCUT2D eigenvalue weighted by Gasteiger charge is -2.09. The first-order valence-corrected chi connectivity index (χ1v) is 5.76. The van der Waals surface area contributed by atoms with Crippen molar-refractivity contribution in [1.29, 1.82) is 0 Å². The normalized spacial score (nSPS) is 11.9. The molecule has 1 unspecified atom stereocenters. The first-order chi connectivity index (χ1) is 8.43. The second-order valence-corrected chi connectivity index (χ2v) is 4.23. The van der Waals surface area contributed by atoms with Crippen LogP contribution in [0.5, 0.6) is 0 Å². The largest absolute Gasteiger partial charge is 0.352 e. The van der Waals surface area contributed by atoms with Crippen molar-refractivity contribution in [3.63, 3.8) is 0 Å². The maximum Gasteiger partial charge on any atom is 0.273 e. The summed E-state index contributed by atoms with van der Waals surface area (Å²) >= 11 is 5.57. The van der Waals surface area contributed by atoms with Gasteiger partial charge in [-0.05, 0) is 12.0 Å². The summed E-state index contributed by atoms with van der Waals surface area (Å²) in [6.07, 6.45) is 0. The highest BCUT2D eigenvalue weighted by molar-refractivity contribution is 6.18. The van der Waals surface area contributed by atoms with Gasteiger partial charge >= 0.3 is 0 Å². The third-order valence-electron chi connectivity index (χ3n) is 2.23. The van der Waals surface area contributed by atoms with Crippen molar-refractivity contribution in [1.82, 2.24) is 5.32 Å². The van der Waals surface area contributed by atoms with Crippen LogP contribution in [0.15, 0.2) is 18.2 Å². The SMILES string of the molecule is CC(CCl)CNC(=O)c1cc(F)cc([N+](=O)[O-])c1. The molecule has 7 heteroatoms. The predicted octanol–water partition coefficient (Wildman–Crippen LogP) is 2.34. The molecule has 1 amide bonds. The van der Waals surface area contributed by atoms with Gasteiger partial charge in [-0.2, -0.15) is 0 Å². The number of nitro benzene ring substituents is 1. The number of hydrogen-bond acceptors (Lipinski definition) is 3. The molecular weight excluding hydrogens is 263 g/mol. The summed E-state index contributed by atoms with van der Waals surface area (Å²) in [4.78, 5) is 21.4. The second kappa shape index (κ2) is 6.30. The molecule has 0 aromatic heterocycles. The highest BCUT2D eigenvalue weighted by Gasteiger charge is 2.14. The summed E-state index contributed by atoms with van der Waals surface area (Å²) in [5.41, 5.74) is -0.533. The Morgan fingerprint density at radius 3 is 2.78 bits per heavy atom. The van der Waals surface area contributed by atoms with Gasteiger partial charge in [-0.25, -0.2) is 4.39 Å². The van der Waals surface area contributed by atoms with E-state index in [1.54, 1.807) is 0 Å². The van der Waals surface area contributed by atoms with Gasteiger partial charge < -0.3 is 5.32 Å². The lowest BCUT2D eigenvalue weighted by atomic mass is 10.1. The van der Waals surface area contributed by atoms with E-state index >= 15 is 0 Å². The van der Waals surface area contributed by atoms with Gasteiger partial charge in [-0.1, -0.05) is 6.92 Å². The zero-order valence-corrected chi connectivity index (χ0v) is 10.4. The van der Waals surface area contributed by atoms with Crippen molar-refractivity contribution >= 4 is 23.2 Å². The number of amides is 1. The zero-order valence-electron chi connectivity index (χ0n) is 9.65.